The first-order chi connectivity index (χ1) is 6.97. The van der Waals surface area contributed by atoms with Gasteiger partial charge in [0.1, 0.15) is 5.60 Å². The average molecular weight is 212 g/mol. The maximum atomic E-state index is 11.0. The van der Waals surface area contributed by atoms with Crippen LogP contribution in [0.2, 0.25) is 0 Å². The molecule has 2 rings (SSSR count). The summed E-state index contributed by atoms with van der Waals surface area (Å²) in [7, 11) is 0. The van der Waals surface area contributed by atoms with E-state index in [0.29, 0.717) is 17.8 Å². The second-order valence-corrected chi connectivity index (χ2v) is 5.53. The van der Waals surface area contributed by atoms with Gasteiger partial charge in [-0.1, -0.05) is 27.2 Å². The monoisotopic (exact) mass is 212 g/mol. The summed E-state index contributed by atoms with van der Waals surface area (Å²) in [6, 6.07) is 0. The van der Waals surface area contributed by atoms with Crippen molar-refractivity contribution in [2.75, 3.05) is 0 Å². The van der Waals surface area contributed by atoms with Crippen LogP contribution in [0, 0.1) is 17.8 Å². The van der Waals surface area contributed by atoms with Crippen LogP contribution >= 0.6 is 0 Å². The molecule has 86 valence electrons. The van der Waals surface area contributed by atoms with E-state index in [9.17, 15) is 4.79 Å². The standard InChI is InChI=1S/C12H20O3/c1-7(2)9-5-4-8(3)6-12(9)10(15-12)11(13)14/h7-10H,4-6H2,1-3H3,(H,13,14). The predicted octanol–water partition coefficient (Wildman–Crippen LogP) is 2.30. The van der Waals surface area contributed by atoms with Gasteiger partial charge in [-0.05, 0) is 30.6 Å². The van der Waals surface area contributed by atoms with E-state index in [1.807, 2.05) is 0 Å². The summed E-state index contributed by atoms with van der Waals surface area (Å²) in [5.41, 5.74) is -0.322. The van der Waals surface area contributed by atoms with E-state index in [0.717, 1.165) is 12.8 Å². The molecule has 4 atom stereocenters. The van der Waals surface area contributed by atoms with Crippen molar-refractivity contribution in [2.24, 2.45) is 17.8 Å². The lowest BCUT2D eigenvalue weighted by Gasteiger charge is -2.35. The van der Waals surface area contributed by atoms with Gasteiger partial charge in [0, 0.05) is 0 Å². The number of carboxylic acid groups (broad SMARTS) is 1. The van der Waals surface area contributed by atoms with Crippen molar-refractivity contribution in [2.45, 2.75) is 51.7 Å². The van der Waals surface area contributed by atoms with Crippen LogP contribution in [0.5, 0.6) is 0 Å². The maximum Gasteiger partial charge on any atom is 0.335 e. The molecule has 1 saturated heterocycles. The average Bonchev–Trinajstić information content (AvgIpc) is 2.79. The van der Waals surface area contributed by atoms with Gasteiger partial charge in [0.15, 0.2) is 6.10 Å². The second kappa shape index (κ2) is 3.48. The van der Waals surface area contributed by atoms with Gasteiger partial charge in [-0.2, -0.15) is 0 Å². The van der Waals surface area contributed by atoms with Gasteiger partial charge in [-0.25, -0.2) is 4.79 Å². The highest BCUT2D eigenvalue weighted by atomic mass is 16.6. The Morgan fingerprint density at radius 2 is 2.13 bits per heavy atom. The lowest BCUT2D eigenvalue weighted by molar-refractivity contribution is -0.138. The molecular formula is C12H20O3. The summed E-state index contributed by atoms with van der Waals surface area (Å²) in [5.74, 6) is 0.760. The Labute approximate surface area is 90.8 Å². The fourth-order valence-corrected chi connectivity index (χ4v) is 3.29. The van der Waals surface area contributed by atoms with E-state index in [4.69, 9.17) is 9.84 Å². The third kappa shape index (κ3) is 1.67. The van der Waals surface area contributed by atoms with Crippen molar-refractivity contribution in [3.05, 3.63) is 0 Å². The number of hydrogen-bond acceptors (Lipinski definition) is 2. The third-order valence-corrected chi connectivity index (χ3v) is 4.02. The van der Waals surface area contributed by atoms with Crippen LogP contribution in [0.4, 0.5) is 0 Å². The molecule has 2 fully saturated rings. The zero-order valence-electron chi connectivity index (χ0n) is 9.69. The molecule has 2 aliphatic rings. The van der Waals surface area contributed by atoms with Gasteiger partial charge in [-0.15, -0.1) is 0 Å². The van der Waals surface area contributed by atoms with E-state index in [-0.39, 0.29) is 5.60 Å². The molecule has 1 aliphatic heterocycles. The highest BCUT2D eigenvalue weighted by Gasteiger charge is 2.66. The van der Waals surface area contributed by atoms with Crippen LogP contribution in [0.25, 0.3) is 0 Å². The maximum absolute atomic E-state index is 11.0. The Balaban J connectivity index is 2.16. The number of epoxide rings is 1. The molecule has 0 aromatic rings. The predicted molar refractivity (Wildman–Crippen MR) is 56.6 cm³/mol. The number of rotatable bonds is 2. The topological polar surface area (TPSA) is 49.8 Å². The molecule has 3 nitrogen and oxygen atoms in total. The smallest absolute Gasteiger partial charge is 0.335 e. The fraction of sp³-hybridized carbons (Fsp3) is 0.917. The Bertz CT molecular complexity index is 274. The Morgan fingerprint density at radius 1 is 1.47 bits per heavy atom. The van der Waals surface area contributed by atoms with Gasteiger partial charge >= 0.3 is 5.97 Å². The van der Waals surface area contributed by atoms with Crippen molar-refractivity contribution < 1.29 is 14.6 Å². The fourth-order valence-electron chi connectivity index (χ4n) is 3.29. The lowest BCUT2D eigenvalue weighted by atomic mass is 9.68. The molecule has 15 heavy (non-hydrogen) atoms. The molecule has 1 saturated carbocycles. The van der Waals surface area contributed by atoms with Crippen molar-refractivity contribution in [1.29, 1.82) is 0 Å². The normalized spacial score (nSPS) is 44.7. The summed E-state index contributed by atoms with van der Waals surface area (Å²) >= 11 is 0. The quantitative estimate of drug-likeness (QED) is 0.714. The summed E-state index contributed by atoms with van der Waals surface area (Å²) in [4.78, 5) is 11.0. The minimum Gasteiger partial charge on any atom is -0.479 e. The van der Waals surface area contributed by atoms with Crippen molar-refractivity contribution in [1.82, 2.24) is 0 Å². The van der Waals surface area contributed by atoms with Gasteiger partial charge in [0.2, 0.25) is 0 Å². The first kappa shape index (κ1) is 10.9. The first-order valence-corrected chi connectivity index (χ1v) is 5.88. The molecule has 0 amide bonds. The molecular weight excluding hydrogens is 192 g/mol. The zero-order chi connectivity index (χ0) is 11.2. The van der Waals surface area contributed by atoms with Gasteiger partial charge in [-0.3, -0.25) is 0 Å². The van der Waals surface area contributed by atoms with Crippen molar-refractivity contribution in [3.8, 4) is 0 Å². The highest BCUT2D eigenvalue weighted by molar-refractivity contribution is 5.77. The third-order valence-electron chi connectivity index (χ3n) is 4.02. The molecule has 0 radical (unpaired) electrons. The zero-order valence-corrected chi connectivity index (χ0v) is 9.69. The van der Waals surface area contributed by atoms with Crippen molar-refractivity contribution >= 4 is 5.97 Å². The lowest BCUT2D eigenvalue weighted by Crippen LogP contribution is -2.38. The van der Waals surface area contributed by atoms with Crippen LogP contribution in [0.15, 0.2) is 0 Å². The molecule has 0 aromatic heterocycles. The van der Waals surface area contributed by atoms with E-state index in [1.165, 1.54) is 6.42 Å². The summed E-state index contributed by atoms with van der Waals surface area (Å²) < 4.78 is 5.55. The molecule has 0 aromatic carbocycles. The van der Waals surface area contributed by atoms with E-state index < -0.39 is 12.1 Å². The molecule has 4 unspecified atom stereocenters. The van der Waals surface area contributed by atoms with Gasteiger partial charge < -0.3 is 9.84 Å². The number of ether oxygens (including phenoxy) is 1. The van der Waals surface area contributed by atoms with E-state index in [2.05, 4.69) is 20.8 Å². The van der Waals surface area contributed by atoms with E-state index in [1.54, 1.807) is 0 Å². The summed E-state index contributed by atoms with van der Waals surface area (Å²) in [6.07, 6.45) is 2.71. The molecule has 3 heteroatoms. The number of aliphatic carboxylic acids is 1. The van der Waals surface area contributed by atoms with E-state index >= 15 is 0 Å². The molecule has 1 N–H and O–H groups in total. The molecule has 1 spiro atoms. The minimum atomic E-state index is -0.783. The molecule has 1 heterocycles. The van der Waals surface area contributed by atoms with Crippen LogP contribution in [-0.2, 0) is 9.53 Å². The number of carboxylic acids is 1. The van der Waals surface area contributed by atoms with Crippen LogP contribution in [-0.4, -0.2) is 22.8 Å². The number of hydrogen-bond donors (Lipinski definition) is 1. The summed E-state index contributed by atoms with van der Waals surface area (Å²) in [5, 5.41) is 9.03. The van der Waals surface area contributed by atoms with Crippen LogP contribution < -0.4 is 0 Å². The molecule has 1 aliphatic carbocycles. The minimum absolute atomic E-state index is 0.322. The Morgan fingerprint density at radius 3 is 2.60 bits per heavy atom. The Kier molecular flexibility index (Phi) is 2.53. The summed E-state index contributed by atoms with van der Waals surface area (Å²) in [6.45, 7) is 6.53. The van der Waals surface area contributed by atoms with Crippen molar-refractivity contribution in [3.63, 3.8) is 0 Å². The van der Waals surface area contributed by atoms with Crippen LogP contribution in [0.1, 0.15) is 40.0 Å². The first-order valence-electron chi connectivity index (χ1n) is 5.88. The second-order valence-electron chi connectivity index (χ2n) is 5.53. The Hall–Kier alpha value is -0.570. The number of carbonyl (C=O) groups is 1. The van der Waals surface area contributed by atoms with Crippen LogP contribution in [0.3, 0.4) is 0 Å². The van der Waals surface area contributed by atoms with Gasteiger partial charge in [0.05, 0.1) is 0 Å². The highest BCUT2D eigenvalue weighted by Crippen LogP contribution is 2.55. The van der Waals surface area contributed by atoms with Gasteiger partial charge in [0.25, 0.3) is 0 Å². The largest absolute Gasteiger partial charge is 0.479 e. The molecule has 0 bridgehead atoms. The SMILES string of the molecule is CC1CCC(C(C)C)C2(C1)OC2C(=O)O.